The molecular formula is C13H17N3OS. The average molecular weight is 263 g/mol. The molecule has 0 aliphatic heterocycles. The maximum atomic E-state index is 5.61. The summed E-state index contributed by atoms with van der Waals surface area (Å²) in [6, 6.07) is 2.72. The molecule has 0 atom stereocenters. The van der Waals surface area contributed by atoms with Gasteiger partial charge in [0.05, 0.1) is 0 Å². The number of hydrogen-bond acceptors (Lipinski definition) is 5. The summed E-state index contributed by atoms with van der Waals surface area (Å²) in [4.78, 5) is 1.42. The van der Waals surface area contributed by atoms with E-state index in [-0.39, 0.29) is 0 Å². The molecule has 0 aromatic carbocycles. The Labute approximate surface area is 110 Å². The molecule has 5 heteroatoms. The maximum absolute atomic E-state index is 5.61. The number of anilines is 1. The minimum Gasteiger partial charge on any atom is -0.408 e. The summed E-state index contributed by atoms with van der Waals surface area (Å²) in [6.07, 6.45) is 4.67. The van der Waals surface area contributed by atoms with Crippen LogP contribution in [0.15, 0.2) is 15.9 Å². The first kappa shape index (κ1) is 11.7. The van der Waals surface area contributed by atoms with Crippen LogP contribution in [0.5, 0.6) is 0 Å². The molecule has 3 rings (SSSR count). The summed E-state index contributed by atoms with van der Waals surface area (Å²) in [5.74, 6) is 1.31. The van der Waals surface area contributed by atoms with E-state index < -0.39 is 0 Å². The summed E-state index contributed by atoms with van der Waals surface area (Å²) in [5, 5.41) is 13.5. The number of rotatable bonds is 5. The Hall–Kier alpha value is -1.36. The summed E-state index contributed by atoms with van der Waals surface area (Å²) < 4.78 is 5.61. The van der Waals surface area contributed by atoms with E-state index in [2.05, 4.69) is 33.9 Å². The van der Waals surface area contributed by atoms with Crippen molar-refractivity contribution in [2.24, 2.45) is 0 Å². The normalized spacial score (nSPS) is 15.6. The van der Waals surface area contributed by atoms with E-state index in [1.54, 1.807) is 11.3 Å². The molecule has 1 aliphatic carbocycles. The first-order valence-electron chi connectivity index (χ1n) is 6.43. The number of hydrogen-bond donors (Lipinski definition) is 1. The third kappa shape index (κ3) is 2.41. The van der Waals surface area contributed by atoms with Gasteiger partial charge in [-0.15, -0.1) is 16.4 Å². The molecule has 1 aliphatic rings. The topological polar surface area (TPSA) is 51.0 Å². The van der Waals surface area contributed by atoms with Gasteiger partial charge in [0.15, 0.2) is 0 Å². The van der Waals surface area contributed by atoms with E-state index in [1.165, 1.54) is 29.7 Å². The highest BCUT2D eigenvalue weighted by Crippen LogP contribution is 2.35. The van der Waals surface area contributed by atoms with Crippen LogP contribution in [0.1, 0.15) is 41.5 Å². The smallest absolute Gasteiger partial charge is 0.315 e. The highest BCUT2D eigenvalue weighted by molar-refractivity contribution is 7.10. The lowest BCUT2D eigenvalue weighted by Gasteiger charge is -2.20. The van der Waals surface area contributed by atoms with Gasteiger partial charge in [-0.05, 0) is 43.2 Å². The van der Waals surface area contributed by atoms with Crippen molar-refractivity contribution in [3.05, 3.63) is 27.8 Å². The minimum absolute atomic E-state index is 0.507. The van der Waals surface area contributed by atoms with Gasteiger partial charge in [-0.1, -0.05) is 11.5 Å². The van der Waals surface area contributed by atoms with E-state index in [4.69, 9.17) is 4.42 Å². The zero-order chi connectivity index (χ0) is 12.4. The molecule has 2 aromatic rings. The van der Waals surface area contributed by atoms with Gasteiger partial charge < -0.3 is 9.73 Å². The Bertz CT molecular complexity index is 516. The fourth-order valence-electron chi connectivity index (χ4n) is 2.07. The summed E-state index contributed by atoms with van der Waals surface area (Å²) in [5.41, 5.74) is 1.36. The lowest BCUT2D eigenvalue weighted by Crippen LogP contribution is -2.08. The Morgan fingerprint density at radius 3 is 3.00 bits per heavy atom. The number of aromatic nitrogens is 2. The van der Waals surface area contributed by atoms with Crippen LogP contribution in [0.25, 0.3) is 0 Å². The first-order chi connectivity index (χ1) is 8.83. The lowest BCUT2D eigenvalue weighted by molar-refractivity contribution is 0.338. The number of thiophene rings is 1. The second-order valence-corrected chi connectivity index (χ2v) is 5.78. The largest absolute Gasteiger partial charge is 0.408 e. The molecule has 0 bridgehead atoms. The van der Waals surface area contributed by atoms with Crippen LogP contribution < -0.4 is 5.32 Å². The molecule has 18 heavy (non-hydrogen) atoms. The summed E-state index contributed by atoms with van der Waals surface area (Å²) in [6.45, 7) is 2.99. The predicted molar refractivity (Wildman–Crippen MR) is 72.1 cm³/mol. The molecule has 1 fully saturated rings. The predicted octanol–water partition coefficient (Wildman–Crippen LogP) is 3.36. The van der Waals surface area contributed by atoms with Gasteiger partial charge in [0.25, 0.3) is 0 Å². The molecule has 0 unspecified atom stereocenters. The van der Waals surface area contributed by atoms with Crippen LogP contribution in [-0.2, 0) is 6.42 Å². The summed E-state index contributed by atoms with van der Waals surface area (Å²) in [7, 11) is 0. The molecule has 0 radical (unpaired) electrons. The second kappa shape index (κ2) is 5.10. The fraction of sp³-hybridized carbons (Fsp3) is 0.538. The van der Waals surface area contributed by atoms with Gasteiger partial charge in [-0.25, -0.2) is 0 Å². The van der Waals surface area contributed by atoms with Crippen LogP contribution in [0.2, 0.25) is 0 Å². The van der Waals surface area contributed by atoms with Crippen molar-refractivity contribution in [3.8, 4) is 0 Å². The van der Waals surface area contributed by atoms with Crippen LogP contribution in [-0.4, -0.2) is 16.7 Å². The Kier molecular flexibility index (Phi) is 3.32. The molecule has 2 aromatic heterocycles. The highest BCUT2D eigenvalue weighted by atomic mass is 32.1. The molecule has 2 heterocycles. The SMILES string of the molecule is Cc1ccsc1CCNc1nnc(C2CCC2)o1. The van der Waals surface area contributed by atoms with Crippen LogP contribution >= 0.6 is 11.3 Å². The molecule has 0 spiro atoms. The van der Waals surface area contributed by atoms with Gasteiger partial charge >= 0.3 is 6.01 Å². The van der Waals surface area contributed by atoms with Crippen LogP contribution in [0.4, 0.5) is 6.01 Å². The quantitative estimate of drug-likeness (QED) is 0.898. The van der Waals surface area contributed by atoms with Gasteiger partial charge in [0.2, 0.25) is 5.89 Å². The van der Waals surface area contributed by atoms with Crippen molar-refractivity contribution in [1.29, 1.82) is 0 Å². The Balaban J connectivity index is 1.51. The molecule has 0 amide bonds. The lowest BCUT2D eigenvalue weighted by atomic mass is 9.85. The third-order valence-electron chi connectivity index (χ3n) is 3.49. The number of aryl methyl sites for hydroxylation is 1. The van der Waals surface area contributed by atoms with Crippen molar-refractivity contribution in [3.63, 3.8) is 0 Å². The van der Waals surface area contributed by atoms with Gasteiger partial charge in [-0.3, -0.25) is 0 Å². The van der Waals surface area contributed by atoms with Crippen LogP contribution in [0, 0.1) is 6.92 Å². The van der Waals surface area contributed by atoms with E-state index >= 15 is 0 Å². The van der Waals surface area contributed by atoms with Crippen molar-refractivity contribution in [1.82, 2.24) is 10.2 Å². The second-order valence-electron chi connectivity index (χ2n) is 4.78. The Morgan fingerprint density at radius 1 is 1.44 bits per heavy atom. The number of nitrogens with zero attached hydrogens (tertiary/aromatic N) is 2. The third-order valence-corrected chi connectivity index (χ3v) is 4.57. The number of nitrogens with one attached hydrogen (secondary N) is 1. The zero-order valence-corrected chi connectivity index (χ0v) is 11.3. The highest BCUT2D eigenvalue weighted by Gasteiger charge is 2.24. The van der Waals surface area contributed by atoms with E-state index in [1.807, 2.05) is 0 Å². The molecule has 1 saturated carbocycles. The molecule has 96 valence electrons. The fourth-order valence-corrected chi connectivity index (χ4v) is 2.98. The van der Waals surface area contributed by atoms with Crippen molar-refractivity contribution in [2.75, 3.05) is 11.9 Å². The minimum atomic E-state index is 0.507. The van der Waals surface area contributed by atoms with Gasteiger partial charge in [0.1, 0.15) is 0 Å². The maximum Gasteiger partial charge on any atom is 0.315 e. The van der Waals surface area contributed by atoms with Gasteiger partial charge in [0, 0.05) is 17.3 Å². The average Bonchev–Trinajstić information content (AvgIpc) is 2.87. The van der Waals surface area contributed by atoms with Crippen molar-refractivity contribution >= 4 is 17.4 Å². The Morgan fingerprint density at radius 2 is 2.33 bits per heavy atom. The standard InChI is InChI=1S/C13H17N3OS/c1-9-6-8-18-11(9)5-7-14-13-16-15-12(17-13)10-3-2-4-10/h6,8,10H,2-5,7H2,1H3,(H,14,16). The molecule has 4 nitrogen and oxygen atoms in total. The zero-order valence-electron chi connectivity index (χ0n) is 10.5. The molecule has 0 saturated heterocycles. The van der Waals surface area contributed by atoms with Crippen molar-refractivity contribution < 1.29 is 4.42 Å². The van der Waals surface area contributed by atoms with E-state index in [0.717, 1.165) is 18.9 Å². The molecular weight excluding hydrogens is 246 g/mol. The first-order valence-corrected chi connectivity index (χ1v) is 7.31. The van der Waals surface area contributed by atoms with E-state index in [9.17, 15) is 0 Å². The van der Waals surface area contributed by atoms with Gasteiger partial charge in [-0.2, -0.15) is 0 Å². The van der Waals surface area contributed by atoms with Crippen molar-refractivity contribution in [2.45, 2.75) is 38.5 Å². The summed E-state index contributed by atoms with van der Waals surface area (Å²) >= 11 is 1.80. The molecule has 1 N–H and O–H groups in total. The van der Waals surface area contributed by atoms with Crippen LogP contribution in [0.3, 0.4) is 0 Å². The monoisotopic (exact) mass is 263 g/mol. The van der Waals surface area contributed by atoms with E-state index in [0.29, 0.717) is 11.9 Å².